The third kappa shape index (κ3) is 31.8. The van der Waals surface area contributed by atoms with Gasteiger partial charge in [-0.15, -0.1) is 0 Å². The fraction of sp³-hybridized carbons (Fsp3) is 0.911. The van der Waals surface area contributed by atoms with Crippen LogP contribution in [0, 0.1) is 35.5 Å². The molecule has 6 atom stereocenters. The molecule has 390 valence electrons. The van der Waals surface area contributed by atoms with Crippen molar-refractivity contribution < 1.29 is 32.9 Å². The summed E-state index contributed by atoms with van der Waals surface area (Å²) < 4.78 is 2.67. The molecule has 66 heavy (non-hydrogen) atoms. The van der Waals surface area contributed by atoms with Gasteiger partial charge in [0.1, 0.15) is 0 Å². The highest BCUT2D eigenvalue weighted by Gasteiger charge is 2.33. The number of carboxylic acids is 1. The number of rotatable bonds is 45. The Labute approximate surface area is 410 Å². The average molecular weight is 937 g/mol. The fourth-order valence-electron chi connectivity index (χ4n) is 9.92. The molecule has 0 spiro atoms. The zero-order valence-corrected chi connectivity index (χ0v) is 46.3. The molecule has 0 aromatic heterocycles. The van der Waals surface area contributed by atoms with Crippen LogP contribution in [0.4, 0.5) is 0 Å². The molecule has 10 nitrogen and oxygen atoms in total. The molecule has 0 aliphatic carbocycles. The van der Waals surface area contributed by atoms with Crippen molar-refractivity contribution >= 4 is 17.8 Å². The van der Waals surface area contributed by atoms with E-state index in [1.54, 1.807) is 0 Å². The largest absolute Gasteiger partial charge is 0.481 e. The van der Waals surface area contributed by atoms with Crippen LogP contribution in [0.3, 0.4) is 0 Å². The smallest absolute Gasteiger partial charge is 0.309 e. The topological polar surface area (TPSA) is 108 Å². The molecular weight excluding hydrogens is 821 g/mol. The first-order valence-corrected chi connectivity index (χ1v) is 27.8. The Morgan fingerprint density at radius 1 is 0.455 bits per heavy atom. The summed E-state index contributed by atoms with van der Waals surface area (Å²) in [7, 11) is 13.5. The van der Waals surface area contributed by atoms with Gasteiger partial charge in [0.05, 0.1) is 88.0 Å². The number of allylic oxidation sites excluding steroid dienone is 1. The van der Waals surface area contributed by atoms with Crippen molar-refractivity contribution in [2.45, 2.75) is 196 Å². The summed E-state index contributed by atoms with van der Waals surface area (Å²) in [5.74, 6) is 1.01. The molecule has 0 aliphatic heterocycles. The number of carbonyl (C=O) groups excluding carboxylic acids is 2. The minimum Gasteiger partial charge on any atom is -0.481 e. The molecule has 0 heterocycles. The summed E-state index contributed by atoms with van der Waals surface area (Å²) in [5, 5.41) is 19.7. The van der Waals surface area contributed by atoms with E-state index in [1.807, 2.05) is 0 Å². The van der Waals surface area contributed by atoms with Crippen LogP contribution in [0.1, 0.15) is 196 Å². The standard InChI is InChI=1S/C56H112N6O4/c1-15-20-28-47(6)31-35-52(55(65)58-39-26-43-60(9,10)41-23-18-4)51(30-22-17-3)34-36-53(56(66)59-40-27-44-61(11,12)42-24-19-5)50(29-21-16-2)33-32-48(7)49(8)57-38-25-45-62(13,14)46-37-54(63)64/h47-48,50-53,57H,8,15-46H2,1-7,9-14H3/p+3. The Bertz CT molecular complexity index is 1270. The Balaban J connectivity index is 6.44. The number of carboxylic acid groups (broad SMARTS) is 1. The van der Waals surface area contributed by atoms with Crippen LogP contribution in [-0.2, 0) is 14.4 Å². The summed E-state index contributed by atoms with van der Waals surface area (Å²) >= 11 is 0. The lowest BCUT2D eigenvalue weighted by atomic mass is 9.74. The predicted molar refractivity (Wildman–Crippen MR) is 283 cm³/mol. The van der Waals surface area contributed by atoms with Crippen LogP contribution < -0.4 is 16.0 Å². The van der Waals surface area contributed by atoms with Gasteiger partial charge >= 0.3 is 5.97 Å². The maximum Gasteiger partial charge on any atom is 0.309 e. The van der Waals surface area contributed by atoms with Crippen LogP contribution in [0.25, 0.3) is 0 Å². The van der Waals surface area contributed by atoms with Crippen molar-refractivity contribution in [2.75, 3.05) is 101 Å². The van der Waals surface area contributed by atoms with Crippen LogP contribution >= 0.6 is 0 Å². The quantitative estimate of drug-likeness (QED) is 0.0359. The van der Waals surface area contributed by atoms with Gasteiger partial charge in [-0.3, -0.25) is 14.4 Å². The molecule has 4 N–H and O–H groups in total. The minimum atomic E-state index is -0.742. The molecule has 0 bridgehead atoms. The molecule has 0 radical (unpaired) electrons. The van der Waals surface area contributed by atoms with E-state index in [4.69, 9.17) is 5.11 Å². The highest BCUT2D eigenvalue weighted by atomic mass is 16.4. The third-order valence-corrected chi connectivity index (χ3v) is 15.0. The monoisotopic (exact) mass is 936 g/mol. The Morgan fingerprint density at radius 2 is 0.818 bits per heavy atom. The molecule has 0 fully saturated rings. The summed E-state index contributed by atoms with van der Waals surface area (Å²) in [4.78, 5) is 40.3. The second kappa shape index (κ2) is 36.8. The number of unbranched alkanes of at least 4 members (excludes halogenated alkanes) is 5. The third-order valence-electron chi connectivity index (χ3n) is 15.0. The van der Waals surface area contributed by atoms with Gasteiger partial charge in [-0.25, -0.2) is 0 Å². The first-order valence-electron chi connectivity index (χ1n) is 27.8. The van der Waals surface area contributed by atoms with E-state index in [2.05, 4.69) is 113 Å². The zero-order valence-electron chi connectivity index (χ0n) is 46.3. The van der Waals surface area contributed by atoms with E-state index in [-0.39, 0.29) is 47.8 Å². The van der Waals surface area contributed by atoms with Gasteiger partial charge in [0.15, 0.2) is 0 Å². The Hall–Kier alpha value is -2.17. The van der Waals surface area contributed by atoms with E-state index in [9.17, 15) is 14.4 Å². The minimum absolute atomic E-state index is 0.0277. The Morgan fingerprint density at radius 3 is 1.24 bits per heavy atom. The van der Waals surface area contributed by atoms with Gasteiger partial charge in [0.25, 0.3) is 0 Å². The average Bonchev–Trinajstić information content (AvgIpc) is 3.27. The predicted octanol–water partition coefficient (Wildman–Crippen LogP) is 11.4. The van der Waals surface area contributed by atoms with Gasteiger partial charge in [-0.05, 0) is 87.9 Å². The van der Waals surface area contributed by atoms with Crippen molar-refractivity contribution in [3.05, 3.63) is 12.3 Å². The lowest BCUT2D eigenvalue weighted by molar-refractivity contribution is -0.890. The molecule has 0 aromatic rings. The summed E-state index contributed by atoms with van der Waals surface area (Å²) in [6, 6.07) is 0. The second-order valence-electron chi connectivity index (χ2n) is 23.0. The van der Waals surface area contributed by atoms with Gasteiger partial charge in [-0.1, -0.05) is 113 Å². The van der Waals surface area contributed by atoms with Crippen molar-refractivity contribution in [1.82, 2.24) is 16.0 Å². The fourth-order valence-corrected chi connectivity index (χ4v) is 9.92. The number of amides is 2. The highest BCUT2D eigenvalue weighted by molar-refractivity contribution is 5.79. The molecule has 0 saturated carbocycles. The lowest BCUT2D eigenvalue weighted by Crippen LogP contribution is -2.43. The zero-order chi connectivity index (χ0) is 50.0. The summed E-state index contributed by atoms with van der Waals surface area (Å²) in [6.45, 7) is 28.7. The maximum atomic E-state index is 14.7. The normalized spacial score (nSPS) is 15.1. The SMILES string of the molecule is C=C(NCCC[N+](C)(C)CCC(=O)O)C(C)CCC(CCCC)C(CCC(CCCC)C(CCC(C)CCCC)C(=O)NCCC[N+](C)(C)CCCC)C(=O)NCCC[N+](C)(C)CCCC. The number of aliphatic carboxylic acids is 1. The number of nitrogens with one attached hydrogen (secondary N) is 3. The number of hydrogen-bond donors (Lipinski definition) is 4. The van der Waals surface area contributed by atoms with Crippen molar-refractivity contribution in [3.8, 4) is 0 Å². The van der Waals surface area contributed by atoms with E-state index in [0.717, 1.165) is 150 Å². The van der Waals surface area contributed by atoms with Gasteiger partial charge in [0.2, 0.25) is 11.8 Å². The van der Waals surface area contributed by atoms with Crippen molar-refractivity contribution in [1.29, 1.82) is 0 Å². The number of quaternary nitrogens is 3. The maximum absolute atomic E-state index is 14.7. The molecule has 10 heteroatoms. The molecule has 0 aliphatic rings. The Kier molecular flexibility index (Phi) is 35.6. The van der Waals surface area contributed by atoms with Gasteiger partial charge in [-0.2, -0.15) is 0 Å². The summed E-state index contributed by atoms with van der Waals surface area (Å²) in [6.07, 6.45) is 23.8. The molecule has 2 amide bonds. The second-order valence-corrected chi connectivity index (χ2v) is 23.0. The van der Waals surface area contributed by atoms with E-state index in [1.165, 1.54) is 51.5 Å². The van der Waals surface area contributed by atoms with Crippen molar-refractivity contribution in [3.63, 3.8) is 0 Å². The van der Waals surface area contributed by atoms with Crippen LogP contribution in [0.15, 0.2) is 12.3 Å². The first kappa shape index (κ1) is 63.8. The molecule has 6 unspecified atom stereocenters. The lowest BCUT2D eigenvalue weighted by Gasteiger charge is -2.33. The van der Waals surface area contributed by atoms with Crippen molar-refractivity contribution in [2.24, 2.45) is 35.5 Å². The van der Waals surface area contributed by atoms with E-state index < -0.39 is 5.97 Å². The molecular formula is C56H115N6O4+3. The number of nitrogens with zero attached hydrogens (tertiary/aromatic N) is 3. The van der Waals surface area contributed by atoms with Gasteiger partial charge < -0.3 is 34.5 Å². The first-order chi connectivity index (χ1) is 31.2. The van der Waals surface area contributed by atoms with Crippen LogP contribution in [0.5, 0.6) is 0 Å². The number of carbonyl (C=O) groups is 3. The van der Waals surface area contributed by atoms with E-state index >= 15 is 0 Å². The number of hydrogen-bond acceptors (Lipinski definition) is 4. The molecule has 0 aromatic carbocycles. The van der Waals surface area contributed by atoms with E-state index in [0.29, 0.717) is 23.5 Å². The van der Waals surface area contributed by atoms with Crippen LogP contribution in [0.2, 0.25) is 0 Å². The molecule has 0 rings (SSSR count). The van der Waals surface area contributed by atoms with Crippen LogP contribution in [-0.4, -0.2) is 138 Å². The van der Waals surface area contributed by atoms with Gasteiger partial charge in [0, 0.05) is 56.4 Å². The summed E-state index contributed by atoms with van der Waals surface area (Å²) in [5.41, 5.74) is 1.05. The highest BCUT2D eigenvalue weighted by Crippen LogP contribution is 2.36. The molecule has 0 saturated heterocycles.